The SMILES string of the molecule is CCc1ccc(OC2=N[NH+]([O-])c3cc(Cl)ccc3N2)cc1C1=C([O-])C(C)(C)OC(C)(C)C1=O. The Morgan fingerprint density at radius 1 is 1.15 bits per heavy atom. The van der Waals surface area contributed by atoms with Gasteiger partial charge in [0.25, 0.3) is 0 Å². The number of Topliss-reactive ketones (excluding diaryl/α,β-unsaturated/α-hetero) is 1. The van der Waals surface area contributed by atoms with Gasteiger partial charge in [0.05, 0.1) is 5.60 Å². The van der Waals surface area contributed by atoms with E-state index in [1.54, 1.807) is 58.0 Å². The van der Waals surface area contributed by atoms with Crippen molar-refractivity contribution in [3.63, 3.8) is 0 Å². The number of ketones is 1. The third-order valence-electron chi connectivity index (χ3n) is 5.66. The van der Waals surface area contributed by atoms with Crippen molar-refractivity contribution in [2.45, 2.75) is 52.2 Å². The average Bonchev–Trinajstić information content (AvgIpc) is 2.73. The monoisotopic (exact) mass is 470 g/mol. The smallest absolute Gasteiger partial charge is 0.351 e. The molecule has 0 fully saturated rings. The van der Waals surface area contributed by atoms with Crippen LogP contribution in [0.2, 0.25) is 5.02 Å². The number of carbonyl (C=O) groups is 1. The predicted molar refractivity (Wildman–Crippen MR) is 124 cm³/mol. The Balaban J connectivity index is 1.73. The van der Waals surface area contributed by atoms with Crippen LogP contribution in [0.15, 0.2) is 47.3 Å². The molecule has 0 radical (unpaired) electrons. The molecule has 2 N–H and O–H groups in total. The van der Waals surface area contributed by atoms with E-state index in [0.29, 0.717) is 34.1 Å². The Morgan fingerprint density at radius 3 is 2.58 bits per heavy atom. The quantitative estimate of drug-likeness (QED) is 0.667. The van der Waals surface area contributed by atoms with Crippen molar-refractivity contribution < 1.29 is 24.5 Å². The zero-order chi connectivity index (χ0) is 24.1. The van der Waals surface area contributed by atoms with E-state index in [4.69, 9.17) is 21.1 Å². The molecule has 1 unspecified atom stereocenters. The Morgan fingerprint density at radius 2 is 1.88 bits per heavy atom. The average molecular weight is 471 g/mol. The van der Waals surface area contributed by atoms with E-state index < -0.39 is 16.4 Å². The zero-order valence-corrected chi connectivity index (χ0v) is 19.8. The lowest BCUT2D eigenvalue weighted by Gasteiger charge is -2.46. The first kappa shape index (κ1) is 23.3. The van der Waals surface area contributed by atoms with Gasteiger partial charge in [0.2, 0.25) is 0 Å². The number of quaternary nitrogens is 1. The molecule has 8 nitrogen and oxygen atoms in total. The number of aryl methyl sites for hydroxylation is 1. The topological polar surface area (TPSA) is 110 Å². The summed E-state index contributed by atoms with van der Waals surface area (Å²) < 4.78 is 11.6. The highest BCUT2D eigenvalue weighted by molar-refractivity contribution is 6.31. The fraction of sp³-hybridized carbons (Fsp3) is 0.333. The number of benzene rings is 2. The lowest BCUT2D eigenvalue weighted by Crippen LogP contribution is -2.98. The van der Waals surface area contributed by atoms with Gasteiger partial charge in [0.15, 0.2) is 11.5 Å². The summed E-state index contributed by atoms with van der Waals surface area (Å²) in [7, 11) is 0. The Hall–Kier alpha value is -2.91. The molecule has 0 aliphatic carbocycles. The Kier molecular flexibility index (Phi) is 5.74. The van der Waals surface area contributed by atoms with E-state index >= 15 is 0 Å². The van der Waals surface area contributed by atoms with Crippen LogP contribution in [-0.2, 0) is 16.0 Å². The lowest BCUT2D eigenvalue weighted by molar-refractivity contribution is -0.784. The van der Waals surface area contributed by atoms with Crippen LogP contribution in [0.3, 0.4) is 0 Å². The van der Waals surface area contributed by atoms with Crippen LogP contribution in [-0.4, -0.2) is 23.0 Å². The first-order valence-corrected chi connectivity index (χ1v) is 11.0. The summed E-state index contributed by atoms with van der Waals surface area (Å²) in [5.41, 5.74) is -0.0374. The van der Waals surface area contributed by atoms with Gasteiger partial charge in [-0.1, -0.05) is 30.4 Å². The van der Waals surface area contributed by atoms with E-state index in [1.807, 2.05) is 6.92 Å². The lowest BCUT2D eigenvalue weighted by atomic mass is 9.81. The van der Waals surface area contributed by atoms with Crippen molar-refractivity contribution in [3.05, 3.63) is 63.5 Å². The molecule has 0 saturated heterocycles. The number of nitrogens with zero attached hydrogens (tertiary/aromatic N) is 1. The maximum atomic E-state index is 13.2. The molecule has 0 amide bonds. The van der Waals surface area contributed by atoms with E-state index in [9.17, 15) is 15.1 Å². The molecule has 2 aromatic rings. The summed E-state index contributed by atoms with van der Waals surface area (Å²) in [6, 6.07) is 9.97. The molecule has 0 spiro atoms. The normalized spacial score (nSPS) is 21.2. The highest BCUT2D eigenvalue weighted by Crippen LogP contribution is 2.40. The third kappa shape index (κ3) is 4.22. The minimum atomic E-state index is -1.15. The first-order valence-electron chi connectivity index (χ1n) is 10.6. The van der Waals surface area contributed by atoms with Gasteiger partial charge in [0.1, 0.15) is 17.0 Å². The molecular weight excluding hydrogens is 446 g/mol. The van der Waals surface area contributed by atoms with Gasteiger partial charge in [-0.05, 0) is 74.6 Å². The Labute approximate surface area is 197 Å². The van der Waals surface area contributed by atoms with Crippen molar-refractivity contribution in [2.24, 2.45) is 5.10 Å². The molecule has 0 saturated carbocycles. The third-order valence-corrected chi connectivity index (χ3v) is 5.90. The number of anilines is 1. The van der Waals surface area contributed by atoms with Gasteiger partial charge in [-0.25, -0.2) is 5.17 Å². The van der Waals surface area contributed by atoms with Crippen LogP contribution in [0, 0.1) is 5.21 Å². The summed E-state index contributed by atoms with van der Waals surface area (Å²) in [4.78, 5) is 13.2. The predicted octanol–water partition coefficient (Wildman–Crippen LogP) is 2.92. The summed E-state index contributed by atoms with van der Waals surface area (Å²) >= 11 is 5.97. The summed E-state index contributed by atoms with van der Waals surface area (Å²) in [6.45, 7) is 8.58. The molecule has 9 heteroatoms. The van der Waals surface area contributed by atoms with E-state index in [-0.39, 0.29) is 23.1 Å². The Bertz CT molecular complexity index is 1200. The van der Waals surface area contributed by atoms with Gasteiger partial charge in [-0.3, -0.25) is 10.1 Å². The number of amidine groups is 1. The first-order chi connectivity index (χ1) is 15.4. The van der Waals surface area contributed by atoms with Gasteiger partial charge in [-0.15, -0.1) is 0 Å². The summed E-state index contributed by atoms with van der Waals surface area (Å²) in [5, 5.41) is 32.5. The molecule has 174 valence electrons. The number of rotatable bonds is 3. The fourth-order valence-corrected chi connectivity index (χ4v) is 4.27. The number of nitrogens with one attached hydrogen (secondary N) is 2. The highest BCUT2D eigenvalue weighted by Gasteiger charge is 2.43. The highest BCUT2D eigenvalue weighted by atomic mass is 35.5. The van der Waals surface area contributed by atoms with Crippen LogP contribution >= 0.6 is 11.6 Å². The molecule has 2 aromatic carbocycles. The van der Waals surface area contributed by atoms with Crippen molar-refractivity contribution in [2.75, 3.05) is 5.32 Å². The summed E-state index contributed by atoms with van der Waals surface area (Å²) in [6.07, 6.45) is 0.604. The van der Waals surface area contributed by atoms with Crippen LogP contribution in [0.5, 0.6) is 5.75 Å². The summed E-state index contributed by atoms with van der Waals surface area (Å²) in [5.74, 6) is -0.436. The van der Waals surface area contributed by atoms with Gasteiger partial charge >= 0.3 is 6.02 Å². The van der Waals surface area contributed by atoms with Crippen LogP contribution in [0.25, 0.3) is 5.57 Å². The van der Waals surface area contributed by atoms with Crippen LogP contribution in [0.1, 0.15) is 45.7 Å². The van der Waals surface area contributed by atoms with E-state index in [1.165, 1.54) is 6.07 Å². The number of carbonyl (C=O) groups excluding carboxylic acids is 1. The molecule has 2 heterocycles. The minimum absolute atomic E-state index is 0.0136. The van der Waals surface area contributed by atoms with E-state index in [2.05, 4.69) is 10.4 Å². The molecule has 2 aliphatic heterocycles. The van der Waals surface area contributed by atoms with Crippen molar-refractivity contribution in [1.82, 2.24) is 0 Å². The fourth-order valence-electron chi connectivity index (χ4n) is 4.10. The number of ether oxygens (including phenoxy) is 2. The second-order valence-electron chi connectivity index (χ2n) is 8.97. The van der Waals surface area contributed by atoms with Crippen molar-refractivity contribution in [1.29, 1.82) is 0 Å². The second kappa shape index (κ2) is 8.14. The van der Waals surface area contributed by atoms with Crippen molar-refractivity contribution in [3.8, 4) is 5.75 Å². The standard InChI is InChI=1S/C24H26ClN3O5/c1-6-13-7-9-15(32-22-26-17-10-8-14(25)11-18(17)28(31)27-22)12-16(13)19-20(29)23(2,3)33-24(4,5)21(19)30/h7-12,28-29H,6H2,1-5H3,(H,26,27)/p-1. The maximum Gasteiger partial charge on any atom is 0.351 e. The zero-order valence-electron chi connectivity index (χ0n) is 19.0. The van der Waals surface area contributed by atoms with Gasteiger partial charge in [-0.2, -0.15) is 0 Å². The number of halogens is 1. The number of hydrogen-bond acceptors (Lipinski definition) is 7. The van der Waals surface area contributed by atoms with E-state index in [0.717, 1.165) is 5.56 Å². The minimum Gasteiger partial charge on any atom is -0.873 e. The molecule has 1 atom stereocenters. The largest absolute Gasteiger partial charge is 0.873 e. The molecule has 0 bridgehead atoms. The number of fused-ring (bicyclic) bond motifs is 1. The maximum absolute atomic E-state index is 13.2. The van der Waals surface area contributed by atoms with Crippen molar-refractivity contribution >= 4 is 40.4 Å². The molecular formula is C24H25ClN3O5-. The number of hydrogen-bond donors (Lipinski definition) is 2. The molecule has 33 heavy (non-hydrogen) atoms. The van der Waals surface area contributed by atoms with Gasteiger partial charge in [0, 0.05) is 16.7 Å². The molecule has 0 aromatic heterocycles. The van der Waals surface area contributed by atoms with Gasteiger partial charge < -0.3 is 19.8 Å². The van der Waals surface area contributed by atoms with Crippen LogP contribution in [0.4, 0.5) is 11.4 Å². The second-order valence-corrected chi connectivity index (χ2v) is 9.40. The molecule has 2 aliphatic rings. The molecule has 4 rings (SSSR count). The van der Waals surface area contributed by atoms with Crippen LogP contribution < -0.4 is 20.3 Å².